The van der Waals surface area contributed by atoms with E-state index in [0.717, 1.165) is 54.1 Å². The molecule has 7 rings (SSSR count). The number of aryl methyl sites for hydroxylation is 2. The van der Waals surface area contributed by atoms with Gasteiger partial charge in [-0.2, -0.15) is 10.1 Å². The standard InChI is InChI=1S/C33H42N8O2/c1-20-14-23-15-28(35-20)27-18-34-40(4)32(27)43-13-5-6-22(21-7-8-21)19-41-30-12-10-25(17-29(30)37-33(41)38-31(23)42)36-24-9-11-26(16-24)39(2)3/h10,12,14-15,17-18,21-22,24,26,36H,5-9,11,13,16,19H2,1-4H3,(H,37,38,42)/t22-,24-,26+/m1/s1. The molecule has 1 amide bonds. The highest BCUT2D eigenvalue weighted by atomic mass is 16.5. The van der Waals surface area contributed by atoms with E-state index in [1.165, 1.54) is 25.7 Å². The highest BCUT2D eigenvalue weighted by Crippen LogP contribution is 2.43. The first kappa shape index (κ1) is 27.9. The number of nitrogens with zero attached hydrogens (tertiary/aromatic N) is 6. The highest BCUT2D eigenvalue weighted by Gasteiger charge is 2.36. The van der Waals surface area contributed by atoms with E-state index in [9.17, 15) is 4.79 Å². The van der Waals surface area contributed by atoms with E-state index in [2.05, 4.69) is 57.8 Å². The van der Waals surface area contributed by atoms with Gasteiger partial charge in [-0.1, -0.05) is 0 Å². The van der Waals surface area contributed by atoms with E-state index in [1.807, 2.05) is 14.0 Å². The smallest absolute Gasteiger partial charge is 0.280 e. The van der Waals surface area contributed by atoms with Crippen molar-refractivity contribution in [3.8, 4) is 17.1 Å². The molecule has 0 unspecified atom stereocenters. The Labute approximate surface area is 253 Å². The molecule has 43 heavy (non-hydrogen) atoms. The number of aliphatic imine (C=N–C) groups is 1. The number of carbonyl (C=O) groups excluding carboxylic acids is 1. The SMILES string of the molecule is Cc1cc2cc(n1)-c1cnn(C)c1OCCC[C@@H](C1CC1)CN1/C(=N/C2=O)Nc2cc(N[C@@H]3CC[C@H](N(C)C)C3)ccc21. The first-order valence-electron chi connectivity index (χ1n) is 15.7. The van der Waals surface area contributed by atoms with Gasteiger partial charge in [-0.25, -0.2) is 4.68 Å². The van der Waals surface area contributed by atoms with Gasteiger partial charge in [-0.05, 0) is 108 Å². The van der Waals surface area contributed by atoms with E-state index in [4.69, 9.17) is 14.7 Å². The molecule has 10 nitrogen and oxygen atoms in total. The van der Waals surface area contributed by atoms with Crippen LogP contribution in [0.2, 0.25) is 0 Å². The fourth-order valence-corrected chi connectivity index (χ4v) is 6.99. The third kappa shape index (κ3) is 5.72. The lowest BCUT2D eigenvalue weighted by Gasteiger charge is -2.26. The summed E-state index contributed by atoms with van der Waals surface area (Å²) in [5, 5.41) is 11.7. The summed E-state index contributed by atoms with van der Waals surface area (Å²) in [5.41, 5.74) is 5.85. The number of guanidine groups is 1. The maximum absolute atomic E-state index is 13.7. The van der Waals surface area contributed by atoms with Crippen LogP contribution in [0.4, 0.5) is 17.1 Å². The van der Waals surface area contributed by atoms with Crippen LogP contribution >= 0.6 is 0 Å². The molecule has 2 N–H and O–H groups in total. The van der Waals surface area contributed by atoms with Crippen LogP contribution in [0.3, 0.4) is 0 Å². The Kier molecular flexibility index (Phi) is 7.33. The maximum atomic E-state index is 13.7. The van der Waals surface area contributed by atoms with Crippen molar-refractivity contribution in [3.63, 3.8) is 0 Å². The number of aromatic nitrogens is 3. The molecule has 2 aromatic heterocycles. The fourth-order valence-electron chi connectivity index (χ4n) is 6.99. The second-order valence-corrected chi connectivity index (χ2v) is 12.9. The molecule has 4 heterocycles. The van der Waals surface area contributed by atoms with Gasteiger partial charge >= 0.3 is 0 Å². The summed E-state index contributed by atoms with van der Waals surface area (Å²) in [6.45, 7) is 3.32. The number of rotatable bonds is 4. The van der Waals surface area contributed by atoms with E-state index < -0.39 is 0 Å². The predicted octanol–water partition coefficient (Wildman–Crippen LogP) is 5.31. The van der Waals surface area contributed by atoms with Gasteiger partial charge in [0.05, 0.1) is 35.4 Å². The summed E-state index contributed by atoms with van der Waals surface area (Å²) >= 11 is 0. The van der Waals surface area contributed by atoms with Crippen LogP contribution in [0.5, 0.6) is 5.88 Å². The quantitative estimate of drug-likeness (QED) is 0.427. The lowest BCUT2D eigenvalue weighted by Crippen LogP contribution is -2.36. The maximum Gasteiger partial charge on any atom is 0.280 e. The van der Waals surface area contributed by atoms with Crippen molar-refractivity contribution in [1.82, 2.24) is 19.7 Å². The molecule has 226 valence electrons. The van der Waals surface area contributed by atoms with Crippen molar-refractivity contribution in [1.29, 1.82) is 0 Å². The zero-order chi connectivity index (χ0) is 29.7. The van der Waals surface area contributed by atoms with Crippen molar-refractivity contribution in [3.05, 3.63) is 47.8 Å². The number of ether oxygens (including phenoxy) is 1. The van der Waals surface area contributed by atoms with Gasteiger partial charge < -0.3 is 25.2 Å². The number of pyridine rings is 1. The molecule has 2 aliphatic carbocycles. The summed E-state index contributed by atoms with van der Waals surface area (Å²) in [7, 11) is 6.21. The van der Waals surface area contributed by atoms with Crippen LogP contribution in [0, 0.1) is 18.8 Å². The first-order chi connectivity index (χ1) is 20.8. The Bertz CT molecular complexity index is 1560. The Balaban J connectivity index is 1.22. The zero-order valence-electron chi connectivity index (χ0n) is 25.6. The lowest BCUT2D eigenvalue weighted by molar-refractivity contribution is 0.100. The van der Waals surface area contributed by atoms with Crippen LogP contribution in [-0.2, 0) is 7.05 Å². The minimum Gasteiger partial charge on any atom is -0.477 e. The third-order valence-corrected chi connectivity index (χ3v) is 9.53. The van der Waals surface area contributed by atoms with E-state index in [0.29, 0.717) is 53.6 Å². The number of hydrogen-bond donors (Lipinski definition) is 2. The first-order valence-corrected chi connectivity index (χ1v) is 15.7. The minimum atomic E-state index is -0.296. The average molecular weight is 583 g/mol. The number of anilines is 3. The van der Waals surface area contributed by atoms with Gasteiger partial charge in [0, 0.05) is 42.6 Å². The molecule has 1 aromatic carbocycles. The highest BCUT2D eigenvalue weighted by molar-refractivity contribution is 6.19. The largest absolute Gasteiger partial charge is 0.477 e. The van der Waals surface area contributed by atoms with Gasteiger partial charge in [0.2, 0.25) is 11.8 Å². The molecule has 0 spiro atoms. The normalized spacial score (nSPS) is 25.0. The van der Waals surface area contributed by atoms with Crippen LogP contribution < -0.4 is 20.3 Å². The minimum absolute atomic E-state index is 0.296. The predicted molar refractivity (Wildman–Crippen MR) is 170 cm³/mol. The Morgan fingerprint density at radius 3 is 2.72 bits per heavy atom. The van der Waals surface area contributed by atoms with Gasteiger partial charge in [0.1, 0.15) is 0 Å². The van der Waals surface area contributed by atoms with Gasteiger partial charge in [0.15, 0.2) is 0 Å². The summed E-state index contributed by atoms with van der Waals surface area (Å²) < 4.78 is 8.03. The molecular weight excluding hydrogens is 540 g/mol. The molecule has 2 aliphatic heterocycles. The molecule has 2 saturated carbocycles. The molecule has 10 heteroatoms. The van der Waals surface area contributed by atoms with Crippen molar-refractivity contribution >= 4 is 28.9 Å². The van der Waals surface area contributed by atoms with Crippen LogP contribution in [-0.4, -0.2) is 70.9 Å². The number of carbonyl (C=O) groups is 1. The molecule has 0 radical (unpaired) electrons. The average Bonchev–Trinajstić information content (AvgIpc) is 3.46. The summed E-state index contributed by atoms with van der Waals surface area (Å²) in [5.74, 6) is 2.16. The van der Waals surface area contributed by atoms with Crippen molar-refractivity contribution in [2.24, 2.45) is 23.9 Å². The Morgan fingerprint density at radius 2 is 1.93 bits per heavy atom. The van der Waals surface area contributed by atoms with Crippen molar-refractivity contribution in [2.75, 3.05) is 42.8 Å². The number of benzene rings is 1. The summed E-state index contributed by atoms with van der Waals surface area (Å²) in [6.07, 6.45) is 9.79. The lowest BCUT2D eigenvalue weighted by atomic mass is 9.97. The van der Waals surface area contributed by atoms with Crippen LogP contribution in [0.1, 0.15) is 61.0 Å². The summed E-state index contributed by atoms with van der Waals surface area (Å²) in [4.78, 5) is 27.7. The molecular formula is C33H42N8O2. The fraction of sp³-hybridized carbons (Fsp3) is 0.515. The van der Waals surface area contributed by atoms with Crippen LogP contribution in [0.15, 0.2) is 41.5 Å². The molecule has 2 bridgehead atoms. The molecule has 0 saturated heterocycles. The van der Waals surface area contributed by atoms with E-state index in [1.54, 1.807) is 23.0 Å². The molecule has 3 aromatic rings. The van der Waals surface area contributed by atoms with Crippen LogP contribution in [0.25, 0.3) is 11.3 Å². The molecule has 4 aliphatic rings. The second-order valence-electron chi connectivity index (χ2n) is 12.9. The Morgan fingerprint density at radius 1 is 1.07 bits per heavy atom. The molecule has 2 fully saturated rings. The van der Waals surface area contributed by atoms with Crippen molar-refractivity contribution in [2.45, 2.75) is 64.0 Å². The van der Waals surface area contributed by atoms with Crippen molar-refractivity contribution < 1.29 is 9.53 Å². The van der Waals surface area contributed by atoms with Gasteiger partial charge in [-0.3, -0.25) is 9.78 Å². The third-order valence-electron chi connectivity index (χ3n) is 9.53. The number of amides is 1. The topological polar surface area (TPSA) is 99.9 Å². The molecule has 3 atom stereocenters. The monoisotopic (exact) mass is 582 g/mol. The van der Waals surface area contributed by atoms with E-state index in [-0.39, 0.29) is 5.91 Å². The second kappa shape index (κ2) is 11.3. The zero-order valence-corrected chi connectivity index (χ0v) is 25.6. The Hall–Kier alpha value is -3.92. The van der Waals surface area contributed by atoms with E-state index >= 15 is 0 Å². The van der Waals surface area contributed by atoms with Gasteiger partial charge in [-0.15, -0.1) is 0 Å². The number of fused-ring (bicyclic) bond motifs is 7. The van der Waals surface area contributed by atoms with Gasteiger partial charge in [0.25, 0.3) is 5.91 Å². The number of nitrogens with one attached hydrogen (secondary N) is 2. The number of hydrogen-bond acceptors (Lipinski definition) is 8. The summed E-state index contributed by atoms with van der Waals surface area (Å²) in [6, 6.07) is 11.2.